The third-order valence-corrected chi connectivity index (χ3v) is 3.23. The van der Waals surface area contributed by atoms with Gasteiger partial charge in [0.25, 0.3) is 0 Å². The van der Waals surface area contributed by atoms with E-state index in [2.05, 4.69) is 4.98 Å². The van der Waals surface area contributed by atoms with Gasteiger partial charge in [-0.05, 0) is 19.1 Å². The molecule has 1 aromatic heterocycles. The zero-order valence-corrected chi connectivity index (χ0v) is 10.7. The summed E-state index contributed by atoms with van der Waals surface area (Å²) in [5.41, 5.74) is 1.48. The van der Waals surface area contributed by atoms with E-state index in [1.165, 1.54) is 11.3 Å². The van der Waals surface area contributed by atoms with E-state index in [4.69, 9.17) is 9.84 Å². The van der Waals surface area contributed by atoms with Gasteiger partial charge < -0.3 is 9.84 Å². The molecule has 0 amide bonds. The van der Waals surface area contributed by atoms with Crippen LogP contribution in [0.25, 0.3) is 10.6 Å². The van der Waals surface area contributed by atoms with Gasteiger partial charge in [-0.2, -0.15) is 0 Å². The molecule has 0 fully saturated rings. The number of nitrogens with zero attached hydrogens (tertiary/aromatic N) is 1. The maximum absolute atomic E-state index is 10.6. The summed E-state index contributed by atoms with van der Waals surface area (Å²) in [5.74, 6) is -0.0961. The molecule has 0 aliphatic heterocycles. The first-order valence-corrected chi connectivity index (χ1v) is 6.47. The molecule has 0 atom stereocenters. The Morgan fingerprint density at radius 2 is 2.22 bits per heavy atom. The fraction of sp³-hybridized carbons (Fsp3) is 0.231. The van der Waals surface area contributed by atoms with Crippen molar-refractivity contribution in [3.8, 4) is 16.3 Å². The number of para-hydroxylation sites is 1. The number of rotatable bonds is 5. The summed E-state index contributed by atoms with van der Waals surface area (Å²) in [6.07, 6.45) is -0.0483. The Labute approximate surface area is 109 Å². The average Bonchev–Trinajstić information content (AvgIpc) is 2.77. The lowest BCUT2D eigenvalue weighted by atomic mass is 10.2. The molecule has 18 heavy (non-hydrogen) atoms. The topological polar surface area (TPSA) is 59.4 Å². The van der Waals surface area contributed by atoms with Gasteiger partial charge in [0.1, 0.15) is 10.8 Å². The lowest BCUT2D eigenvalue weighted by Crippen LogP contribution is -2.00. The van der Waals surface area contributed by atoms with Gasteiger partial charge in [-0.15, -0.1) is 11.3 Å². The van der Waals surface area contributed by atoms with Crippen molar-refractivity contribution in [3.63, 3.8) is 0 Å². The Bertz CT molecular complexity index is 551. The van der Waals surface area contributed by atoms with Crippen LogP contribution in [0.15, 0.2) is 29.6 Å². The zero-order valence-electron chi connectivity index (χ0n) is 9.92. The fourth-order valence-corrected chi connectivity index (χ4v) is 2.44. The van der Waals surface area contributed by atoms with Crippen LogP contribution in [0, 0.1) is 0 Å². The van der Waals surface area contributed by atoms with Crippen LogP contribution in [-0.4, -0.2) is 22.7 Å². The van der Waals surface area contributed by atoms with E-state index >= 15 is 0 Å². The maximum Gasteiger partial charge on any atom is 0.309 e. The van der Waals surface area contributed by atoms with E-state index in [9.17, 15) is 4.79 Å². The highest BCUT2D eigenvalue weighted by atomic mass is 32.1. The van der Waals surface area contributed by atoms with Crippen LogP contribution in [0.3, 0.4) is 0 Å². The Hall–Kier alpha value is -1.88. The first-order valence-electron chi connectivity index (χ1n) is 5.59. The van der Waals surface area contributed by atoms with Gasteiger partial charge in [-0.1, -0.05) is 12.1 Å². The molecule has 1 aromatic carbocycles. The average molecular weight is 263 g/mol. The van der Waals surface area contributed by atoms with E-state index in [-0.39, 0.29) is 6.42 Å². The van der Waals surface area contributed by atoms with E-state index < -0.39 is 5.97 Å². The predicted octanol–water partition coefficient (Wildman–Crippen LogP) is 2.84. The molecule has 0 radical (unpaired) electrons. The van der Waals surface area contributed by atoms with E-state index in [1.54, 1.807) is 5.38 Å². The minimum Gasteiger partial charge on any atom is -0.493 e. The first-order chi connectivity index (χ1) is 8.70. The number of carboxylic acid groups (broad SMARTS) is 1. The Kier molecular flexibility index (Phi) is 3.94. The van der Waals surface area contributed by atoms with Gasteiger partial charge in [-0.3, -0.25) is 4.79 Å². The minimum atomic E-state index is -0.870. The summed E-state index contributed by atoms with van der Waals surface area (Å²) in [7, 11) is 0. The normalized spacial score (nSPS) is 10.3. The highest BCUT2D eigenvalue weighted by molar-refractivity contribution is 7.13. The van der Waals surface area contributed by atoms with Crippen LogP contribution in [0.4, 0.5) is 0 Å². The first kappa shape index (κ1) is 12.6. The third-order valence-electron chi connectivity index (χ3n) is 2.30. The Morgan fingerprint density at radius 1 is 1.44 bits per heavy atom. The number of thiazole rings is 1. The summed E-state index contributed by atoms with van der Waals surface area (Å²) < 4.78 is 5.53. The van der Waals surface area contributed by atoms with Crippen LogP contribution in [0.5, 0.6) is 5.75 Å². The molecule has 2 aromatic rings. The molecule has 0 aliphatic carbocycles. The van der Waals surface area contributed by atoms with E-state index in [1.807, 2.05) is 31.2 Å². The van der Waals surface area contributed by atoms with Gasteiger partial charge in [0.2, 0.25) is 0 Å². The summed E-state index contributed by atoms with van der Waals surface area (Å²) in [6.45, 7) is 2.51. The van der Waals surface area contributed by atoms with Crippen molar-refractivity contribution >= 4 is 17.3 Å². The summed E-state index contributed by atoms with van der Waals surface area (Å²) in [5, 5.41) is 11.3. The molecule has 1 heterocycles. The van der Waals surface area contributed by atoms with Crippen molar-refractivity contribution < 1.29 is 14.6 Å². The second-order valence-corrected chi connectivity index (χ2v) is 4.50. The van der Waals surface area contributed by atoms with Gasteiger partial charge in [0, 0.05) is 5.38 Å². The molecule has 4 nitrogen and oxygen atoms in total. The van der Waals surface area contributed by atoms with Crippen molar-refractivity contribution in [1.29, 1.82) is 0 Å². The summed E-state index contributed by atoms with van der Waals surface area (Å²) in [4.78, 5) is 14.9. The number of aromatic nitrogens is 1. The lowest BCUT2D eigenvalue weighted by Gasteiger charge is -2.07. The molecule has 0 saturated heterocycles. The quantitative estimate of drug-likeness (QED) is 0.901. The van der Waals surface area contributed by atoms with Gasteiger partial charge in [-0.25, -0.2) is 4.98 Å². The second-order valence-electron chi connectivity index (χ2n) is 3.64. The third kappa shape index (κ3) is 2.87. The maximum atomic E-state index is 10.6. The molecule has 0 bridgehead atoms. The molecule has 0 saturated carbocycles. The van der Waals surface area contributed by atoms with Crippen LogP contribution < -0.4 is 4.74 Å². The van der Waals surface area contributed by atoms with Crippen LogP contribution >= 0.6 is 11.3 Å². The lowest BCUT2D eigenvalue weighted by molar-refractivity contribution is -0.136. The SMILES string of the molecule is CCOc1ccccc1-c1nc(CC(=O)O)cs1. The number of hydrogen-bond donors (Lipinski definition) is 1. The molecular weight excluding hydrogens is 250 g/mol. The Morgan fingerprint density at radius 3 is 2.94 bits per heavy atom. The van der Waals surface area contributed by atoms with Crippen molar-refractivity contribution in [2.24, 2.45) is 0 Å². The van der Waals surface area contributed by atoms with Crippen LogP contribution in [0.1, 0.15) is 12.6 Å². The minimum absolute atomic E-state index is 0.0483. The van der Waals surface area contributed by atoms with Crippen molar-refractivity contribution in [1.82, 2.24) is 4.98 Å². The summed E-state index contributed by atoms with van der Waals surface area (Å²) >= 11 is 1.43. The standard InChI is InChI=1S/C13H13NO3S/c1-2-17-11-6-4-3-5-10(11)13-14-9(8-18-13)7-12(15)16/h3-6,8H,2,7H2,1H3,(H,15,16). The predicted molar refractivity (Wildman–Crippen MR) is 70.1 cm³/mol. The second kappa shape index (κ2) is 5.64. The fourth-order valence-electron chi connectivity index (χ4n) is 1.59. The zero-order chi connectivity index (χ0) is 13.0. The molecule has 1 N–H and O–H groups in total. The molecule has 0 spiro atoms. The number of aliphatic carboxylic acids is 1. The molecule has 2 rings (SSSR count). The van der Waals surface area contributed by atoms with Gasteiger partial charge in [0.05, 0.1) is 24.3 Å². The number of hydrogen-bond acceptors (Lipinski definition) is 4. The monoisotopic (exact) mass is 263 g/mol. The van der Waals surface area contributed by atoms with Gasteiger partial charge in [0.15, 0.2) is 0 Å². The van der Waals surface area contributed by atoms with Crippen LogP contribution in [-0.2, 0) is 11.2 Å². The highest BCUT2D eigenvalue weighted by Gasteiger charge is 2.11. The molecule has 5 heteroatoms. The smallest absolute Gasteiger partial charge is 0.309 e. The highest BCUT2D eigenvalue weighted by Crippen LogP contribution is 2.32. The number of carbonyl (C=O) groups is 1. The summed E-state index contributed by atoms with van der Waals surface area (Å²) in [6, 6.07) is 7.63. The molecular formula is C13H13NO3S. The molecule has 0 unspecified atom stereocenters. The molecule has 0 aliphatic rings. The van der Waals surface area contributed by atoms with Gasteiger partial charge >= 0.3 is 5.97 Å². The largest absolute Gasteiger partial charge is 0.493 e. The number of ether oxygens (including phenoxy) is 1. The van der Waals surface area contributed by atoms with Crippen LogP contribution in [0.2, 0.25) is 0 Å². The number of carboxylic acids is 1. The van der Waals surface area contributed by atoms with Crippen molar-refractivity contribution in [2.75, 3.05) is 6.61 Å². The van der Waals surface area contributed by atoms with Crippen molar-refractivity contribution in [3.05, 3.63) is 35.3 Å². The Balaban J connectivity index is 2.30. The van der Waals surface area contributed by atoms with E-state index in [0.29, 0.717) is 12.3 Å². The van der Waals surface area contributed by atoms with E-state index in [0.717, 1.165) is 16.3 Å². The number of benzene rings is 1. The van der Waals surface area contributed by atoms with Crippen molar-refractivity contribution in [2.45, 2.75) is 13.3 Å². The molecule has 94 valence electrons.